The van der Waals surface area contributed by atoms with Gasteiger partial charge in [0.25, 0.3) is 11.8 Å². The highest BCUT2D eigenvalue weighted by atomic mass is 35.5. The fraction of sp³-hybridized carbons (Fsp3) is 0.273. The second kappa shape index (κ2) is 9.18. The first-order valence-electron chi connectivity index (χ1n) is 9.90. The first-order valence-corrected chi connectivity index (χ1v) is 10.7. The number of nitrogens with one attached hydrogen (secondary N) is 1. The second-order valence-electron chi connectivity index (χ2n) is 7.30. The van der Waals surface area contributed by atoms with Crippen molar-refractivity contribution >= 4 is 40.7 Å². The summed E-state index contributed by atoms with van der Waals surface area (Å²) >= 11 is 12.2. The summed E-state index contributed by atoms with van der Waals surface area (Å²) in [4.78, 5) is 25.7. The SMILES string of the molecule is O=C(NN1C(=O)C2=C(C=CCC2)C(N=Nc2cc(Cl)ccc2Cl)C1O)C1=CCCC=C1. The highest BCUT2D eigenvalue weighted by Gasteiger charge is 2.41. The van der Waals surface area contributed by atoms with E-state index < -0.39 is 24.1 Å². The van der Waals surface area contributed by atoms with E-state index in [1.54, 1.807) is 36.4 Å². The lowest BCUT2D eigenvalue weighted by Gasteiger charge is -2.38. The molecule has 160 valence electrons. The van der Waals surface area contributed by atoms with Crippen molar-refractivity contribution in [1.29, 1.82) is 0 Å². The molecule has 1 aromatic carbocycles. The fourth-order valence-electron chi connectivity index (χ4n) is 3.64. The Kier molecular flexibility index (Phi) is 6.36. The van der Waals surface area contributed by atoms with Crippen molar-refractivity contribution in [3.63, 3.8) is 0 Å². The minimum atomic E-state index is -1.44. The molecular weight excluding hydrogens is 439 g/mol. The predicted octanol–water partition coefficient (Wildman–Crippen LogP) is 4.56. The summed E-state index contributed by atoms with van der Waals surface area (Å²) in [5.41, 5.74) is 4.39. The maximum atomic E-state index is 13.0. The van der Waals surface area contributed by atoms with Gasteiger partial charge in [-0.05, 0) is 49.5 Å². The van der Waals surface area contributed by atoms with Crippen molar-refractivity contribution in [2.45, 2.75) is 38.0 Å². The van der Waals surface area contributed by atoms with Crippen molar-refractivity contribution in [2.24, 2.45) is 10.2 Å². The second-order valence-corrected chi connectivity index (χ2v) is 8.14. The Hall–Kier alpha value is -2.74. The molecule has 1 aromatic rings. The van der Waals surface area contributed by atoms with Gasteiger partial charge in [0.2, 0.25) is 0 Å². The quantitative estimate of drug-likeness (QED) is 0.647. The number of hydrogen-bond donors (Lipinski definition) is 2. The minimum Gasteiger partial charge on any atom is -0.369 e. The van der Waals surface area contributed by atoms with E-state index in [0.717, 1.165) is 17.9 Å². The fourth-order valence-corrected chi connectivity index (χ4v) is 3.96. The van der Waals surface area contributed by atoms with Gasteiger partial charge in [-0.2, -0.15) is 10.2 Å². The molecule has 9 heteroatoms. The zero-order valence-electron chi connectivity index (χ0n) is 16.5. The molecule has 7 nitrogen and oxygen atoms in total. The van der Waals surface area contributed by atoms with Gasteiger partial charge < -0.3 is 5.11 Å². The van der Waals surface area contributed by atoms with Gasteiger partial charge in [0.05, 0.1) is 5.02 Å². The standard InChI is InChI=1S/C22H20Cl2N4O3/c23-14-10-11-17(24)18(12-14)25-26-19-15-8-4-5-9-16(15)21(30)28(22(19)31)27-20(29)13-6-2-1-3-7-13/h2,4,6-8,10-12,19,22,31H,1,3,5,9H2,(H,27,29). The van der Waals surface area contributed by atoms with Crippen molar-refractivity contribution in [3.8, 4) is 0 Å². The third-order valence-electron chi connectivity index (χ3n) is 5.23. The maximum absolute atomic E-state index is 13.0. The third kappa shape index (κ3) is 4.49. The lowest BCUT2D eigenvalue weighted by atomic mass is 9.88. The highest BCUT2D eigenvalue weighted by Crippen LogP contribution is 2.34. The van der Waals surface area contributed by atoms with Gasteiger partial charge in [-0.25, -0.2) is 5.01 Å². The van der Waals surface area contributed by atoms with E-state index in [1.165, 1.54) is 0 Å². The molecule has 4 rings (SSSR count). The summed E-state index contributed by atoms with van der Waals surface area (Å²) in [5.74, 6) is -0.917. The number of amides is 2. The number of hydrazine groups is 1. The Morgan fingerprint density at radius 2 is 1.97 bits per heavy atom. The van der Waals surface area contributed by atoms with Crippen molar-refractivity contribution < 1.29 is 14.7 Å². The molecule has 0 spiro atoms. The average molecular weight is 459 g/mol. The molecule has 0 radical (unpaired) electrons. The number of aliphatic hydroxyl groups excluding tert-OH is 1. The molecule has 0 saturated heterocycles. The van der Waals surface area contributed by atoms with Gasteiger partial charge in [-0.1, -0.05) is 53.6 Å². The Labute approximate surface area is 189 Å². The number of rotatable bonds is 4. The number of aliphatic hydroxyl groups is 1. The van der Waals surface area contributed by atoms with Gasteiger partial charge in [0.15, 0.2) is 6.23 Å². The predicted molar refractivity (Wildman–Crippen MR) is 118 cm³/mol. The Balaban J connectivity index is 1.65. The molecule has 1 aliphatic heterocycles. The van der Waals surface area contributed by atoms with Crippen LogP contribution in [0, 0.1) is 0 Å². The minimum absolute atomic E-state index is 0.341. The average Bonchev–Trinajstić information content (AvgIpc) is 2.79. The normalized spacial score (nSPS) is 23.3. The number of hydrogen-bond acceptors (Lipinski definition) is 5. The number of carbonyl (C=O) groups excluding carboxylic acids is 2. The first kappa shape index (κ1) is 21.5. The summed E-state index contributed by atoms with van der Waals surface area (Å²) in [5, 5.41) is 21.1. The third-order valence-corrected chi connectivity index (χ3v) is 5.78. The van der Waals surface area contributed by atoms with Crippen LogP contribution in [0.25, 0.3) is 0 Å². The van der Waals surface area contributed by atoms with Crippen LogP contribution in [-0.4, -0.2) is 34.2 Å². The molecular formula is C22H20Cl2N4O3. The van der Waals surface area contributed by atoms with Crippen LogP contribution in [0.3, 0.4) is 0 Å². The Morgan fingerprint density at radius 3 is 2.74 bits per heavy atom. The van der Waals surface area contributed by atoms with Crippen LogP contribution in [0.15, 0.2) is 75.5 Å². The summed E-state index contributed by atoms with van der Waals surface area (Å²) in [7, 11) is 0. The molecule has 31 heavy (non-hydrogen) atoms. The number of azo groups is 1. The summed E-state index contributed by atoms with van der Waals surface area (Å²) in [6, 6.07) is 3.90. The number of allylic oxidation sites excluding steroid dienone is 3. The van der Waals surface area contributed by atoms with Crippen LogP contribution in [0.5, 0.6) is 0 Å². The molecule has 2 unspecified atom stereocenters. The lowest BCUT2D eigenvalue weighted by Crippen LogP contribution is -2.59. The van der Waals surface area contributed by atoms with E-state index in [4.69, 9.17) is 23.2 Å². The van der Waals surface area contributed by atoms with Crippen LogP contribution in [0.1, 0.15) is 25.7 Å². The molecule has 2 N–H and O–H groups in total. The summed E-state index contributed by atoms with van der Waals surface area (Å²) in [6.45, 7) is 0. The van der Waals surface area contributed by atoms with Crippen LogP contribution < -0.4 is 5.43 Å². The summed E-state index contributed by atoms with van der Waals surface area (Å²) in [6.07, 6.45) is 10.4. The molecule has 0 bridgehead atoms. The van der Waals surface area contributed by atoms with Gasteiger partial charge in [0, 0.05) is 16.2 Å². The zero-order chi connectivity index (χ0) is 22.0. The van der Waals surface area contributed by atoms with Gasteiger partial charge in [-0.15, -0.1) is 0 Å². The Morgan fingerprint density at radius 1 is 1.16 bits per heavy atom. The molecule has 0 saturated carbocycles. The largest absolute Gasteiger partial charge is 0.369 e. The van der Waals surface area contributed by atoms with Crippen LogP contribution in [0.2, 0.25) is 10.0 Å². The Bertz CT molecular complexity index is 1070. The molecule has 1 heterocycles. The van der Waals surface area contributed by atoms with Gasteiger partial charge in [0.1, 0.15) is 11.7 Å². The molecule has 2 amide bonds. The van der Waals surface area contributed by atoms with Crippen molar-refractivity contribution in [3.05, 3.63) is 75.3 Å². The molecule has 3 aliphatic rings. The lowest BCUT2D eigenvalue weighted by molar-refractivity contribution is -0.152. The summed E-state index contributed by atoms with van der Waals surface area (Å²) < 4.78 is 0. The van der Waals surface area contributed by atoms with Gasteiger partial charge in [-0.3, -0.25) is 15.0 Å². The first-order chi connectivity index (χ1) is 15.0. The molecule has 2 aliphatic carbocycles. The van der Waals surface area contributed by atoms with Crippen LogP contribution in [0.4, 0.5) is 5.69 Å². The zero-order valence-corrected chi connectivity index (χ0v) is 18.0. The molecule has 0 aromatic heterocycles. The van der Waals surface area contributed by atoms with E-state index in [2.05, 4.69) is 15.7 Å². The topological polar surface area (TPSA) is 94.4 Å². The number of nitrogens with zero attached hydrogens (tertiary/aromatic N) is 3. The van der Waals surface area contributed by atoms with Crippen LogP contribution in [-0.2, 0) is 9.59 Å². The van der Waals surface area contributed by atoms with E-state index >= 15 is 0 Å². The highest BCUT2D eigenvalue weighted by molar-refractivity contribution is 6.35. The van der Waals surface area contributed by atoms with Crippen molar-refractivity contribution in [2.75, 3.05) is 0 Å². The van der Waals surface area contributed by atoms with E-state index in [-0.39, 0.29) is 0 Å². The number of halogens is 2. The number of benzene rings is 1. The van der Waals surface area contributed by atoms with Crippen LogP contribution >= 0.6 is 23.2 Å². The van der Waals surface area contributed by atoms with Crippen molar-refractivity contribution in [1.82, 2.24) is 10.4 Å². The maximum Gasteiger partial charge on any atom is 0.271 e. The molecule has 0 fully saturated rings. The monoisotopic (exact) mass is 458 g/mol. The number of carbonyl (C=O) groups is 2. The van der Waals surface area contributed by atoms with Gasteiger partial charge >= 0.3 is 0 Å². The smallest absolute Gasteiger partial charge is 0.271 e. The van der Waals surface area contributed by atoms with E-state index in [0.29, 0.717) is 45.3 Å². The molecule has 2 atom stereocenters. The van der Waals surface area contributed by atoms with E-state index in [9.17, 15) is 14.7 Å². The van der Waals surface area contributed by atoms with E-state index in [1.807, 2.05) is 12.2 Å².